The van der Waals surface area contributed by atoms with Gasteiger partial charge in [0.05, 0.1) is 42.2 Å². The number of aromatic hydroxyl groups is 1. The SMILES string of the molecule is CCOC(=O)C1=C(C)N=c2s/c(=C/c3ccccc3O)c(=O)n2C1c1ccc(OC)c(OCC)c1. The topological polar surface area (TPSA) is 99.4 Å². The summed E-state index contributed by atoms with van der Waals surface area (Å²) in [6.45, 7) is 5.93. The third-order valence-corrected chi connectivity index (χ3v) is 6.53. The molecule has 182 valence electrons. The summed E-state index contributed by atoms with van der Waals surface area (Å²) < 4.78 is 18.4. The van der Waals surface area contributed by atoms with E-state index in [4.69, 9.17) is 14.2 Å². The summed E-state index contributed by atoms with van der Waals surface area (Å²) in [7, 11) is 1.55. The number of carbonyl (C=O) groups is 1. The lowest BCUT2D eigenvalue weighted by molar-refractivity contribution is -0.139. The molecule has 0 saturated carbocycles. The number of phenolic OH excluding ortho intramolecular Hbond substituents is 1. The minimum absolute atomic E-state index is 0.0646. The second-order valence-electron chi connectivity index (χ2n) is 7.70. The maximum Gasteiger partial charge on any atom is 0.338 e. The fourth-order valence-corrected chi connectivity index (χ4v) is 5.03. The molecule has 2 aromatic carbocycles. The number of esters is 1. The van der Waals surface area contributed by atoms with Crippen LogP contribution in [0.4, 0.5) is 0 Å². The molecular formula is C26H26N2O6S. The van der Waals surface area contributed by atoms with Gasteiger partial charge in [-0.2, -0.15) is 0 Å². The fourth-order valence-electron chi connectivity index (χ4n) is 3.99. The highest BCUT2D eigenvalue weighted by Gasteiger charge is 2.34. The molecule has 1 atom stereocenters. The van der Waals surface area contributed by atoms with Crippen LogP contribution in [0.5, 0.6) is 17.2 Å². The van der Waals surface area contributed by atoms with Crippen molar-refractivity contribution in [1.29, 1.82) is 0 Å². The predicted molar refractivity (Wildman–Crippen MR) is 133 cm³/mol. The standard InChI is InChI=1S/C26H26N2O6S/c1-5-33-20-13-17(11-12-19(20)32-4)23-22(25(31)34-6-2)15(3)27-26-28(23)24(30)21(35-26)14-16-9-7-8-10-18(16)29/h7-14,23,29H,5-6H2,1-4H3/b21-14+. The molecule has 2 heterocycles. The summed E-state index contributed by atoms with van der Waals surface area (Å²) in [6.07, 6.45) is 1.62. The van der Waals surface area contributed by atoms with Crippen molar-refractivity contribution in [1.82, 2.24) is 4.57 Å². The van der Waals surface area contributed by atoms with E-state index in [1.807, 2.05) is 6.92 Å². The van der Waals surface area contributed by atoms with Gasteiger partial charge in [0.2, 0.25) is 0 Å². The number of phenols is 1. The Morgan fingerprint density at radius 1 is 1.17 bits per heavy atom. The van der Waals surface area contributed by atoms with Gasteiger partial charge in [-0.25, -0.2) is 9.79 Å². The van der Waals surface area contributed by atoms with Crippen LogP contribution in [0, 0.1) is 0 Å². The molecule has 0 aliphatic carbocycles. The zero-order valence-corrected chi connectivity index (χ0v) is 20.7. The Labute approximate surface area is 206 Å². The second-order valence-corrected chi connectivity index (χ2v) is 8.71. The number of rotatable bonds is 7. The van der Waals surface area contributed by atoms with E-state index in [1.165, 1.54) is 15.9 Å². The smallest absolute Gasteiger partial charge is 0.338 e. The number of ether oxygens (including phenoxy) is 3. The number of carbonyl (C=O) groups excluding carboxylic acids is 1. The Morgan fingerprint density at radius 3 is 2.63 bits per heavy atom. The molecule has 0 amide bonds. The van der Waals surface area contributed by atoms with E-state index in [0.717, 1.165) is 0 Å². The summed E-state index contributed by atoms with van der Waals surface area (Å²) in [6, 6.07) is 11.3. The molecule has 1 aliphatic heterocycles. The minimum atomic E-state index is -0.776. The molecule has 8 nitrogen and oxygen atoms in total. The van der Waals surface area contributed by atoms with Crippen molar-refractivity contribution in [2.24, 2.45) is 4.99 Å². The molecule has 35 heavy (non-hydrogen) atoms. The zero-order valence-electron chi connectivity index (χ0n) is 19.9. The number of allylic oxidation sites excluding steroid dienone is 1. The maximum atomic E-state index is 13.6. The normalized spacial score (nSPS) is 15.4. The van der Waals surface area contributed by atoms with Gasteiger partial charge in [0.25, 0.3) is 5.56 Å². The average Bonchev–Trinajstić information content (AvgIpc) is 3.14. The first-order valence-electron chi connectivity index (χ1n) is 11.2. The van der Waals surface area contributed by atoms with E-state index in [0.29, 0.717) is 44.3 Å². The van der Waals surface area contributed by atoms with E-state index in [1.54, 1.807) is 69.5 Å². The van der Waals surface area contributed by atoms with Gasteiger partial charge >= 0.3 is 5.97 Å². The molecule has 1 aromatic heterocycles. The zero-order chi connectivity index (χ0) is 25.1. The van der Waals surface area contributed by atoms with Gasteiger partial charge in [-0.15, -0.1) is 0 Å². The Morgan fingerprint density at radius 2 is 1.94 bits per heavy atom. The number of hydrogen-bond acceptors (Lipinski definition) is 8. The summed E-state index contributed by atoms with van der Waals surface area (Å²) in [5.74, 6) is 0.569. The third kappa shape index (κ3) is 4.59. The number of para-hydroxylation sites is 1. The third-order valence-electron chi connectivity index (χ3n) is 5.54. The lowest BCUT2D eigenvalue weighted by Gasteiger charge is -2.25. The number of aromatic nitrogens is 1. The van der Waals surface area contributed by atoms with E-state index < -0.39 is 12.0 Å². The molecule has 1 N–H and O–H groups in total. The van der Waals surface area contributed by atoms with Crippen LogP contribution in [-0.4, -0.2) is 36.0 Å². The molecule has 0 bridgehead atoms. The van der Waals surface area contributed by atoms with Crippen molar-refractivity contribution < 1.29 is 24.1 Å². The second kappa shape index (κ2) is 10.2. The van der Waals surface area contributed by atoms with Gasteiger partial charge in [-0.05, 0) is 50.6 Å². The number of benzene rings is 2. The molecule has 1 aliphatic rings. The maximum absolute atomic E-state index is 13.6. The number of nitrogens with zero attached hydrogens (tertiary/aromatic N) is 2. The highest BCUT2D eigenvalue weighted by molar-refractivity contribution is 7.07. The highest BCUT2D eigenvalue weighted by Crippen LogP contribution is 2.36. The summed E-state index contributed by atoms with van der Waals surface area (Å²) in [5.41, 5.74) is 1.59. The number of fused-ring (bicyclic) bond motifs is 1. The van der Waals surface area contributed by atoms with Crippen LogP contribution in [0.3, 0.4) is 0 Å². The molecule has 3 aromatic rings. The largest absolute Gasteiger partial charge is 0.507 e. The van der Waals surface area contributed by atoms with Crippen molar-refractivity contribution in [3.05, 3.63) is 84.5 Å². The Kier molecular flexibility index (Phi) is 7.07. The Bertz CT molecular complexity index is 1480. The number of hydrogen-bond donors (Lipinski definition) is 1. The first-order chi connectivity index (χ1) is 16.9. The van der Waals surface area contributed by atoms with Crippen LogP contribution in [0.15, 0.2) is 63.5 Å². The molecule has 0 fully saturated rings. The van der Waals surface area contributed by atoms with Crippen LogP contribution in [-0.2, 0) is 9.53 Å². The van der Waals surface area contributed by atoms with Crippen LogP contribution in [0.2, 0.25) is 0 Å². The summed E-state index contributed by atoms with van der Waals surface area (Å²) in [4.78, 5) is 31.7. The van der Waals surface area contributed by atoms with Crippen molar-refractivity contribution in [2.45, 2.75) is 26.8 Å². The fraction of sp³-hybridized carbons (Fsp3) is 0.269. The molecule has 1 unspecified atom stereocenters. The highest BCUT2D eigenvalue weighted by atomic mass is 32.1. The molecule has 0 saturated heterocycles. The first-order valence-corrected chi connectivity index (χ1v) is 12.0. The van der Waals surface area contributed by atoms with E-state index in [2.05, 4.69) is 4.99 Å². The first kappa shape index (κ1) is 24.3. The number of methoxy groups -OCH3 is 1. The van der Waals surface area contributed by atoms with Gasteiger partial charge in [0, 0.05) is 5.56 Å². The van der Waals surface area contributed by atoms with Gasteiger partial charge in [-0.3, -0.25) is 9.36 Å². The summed E-state index contributed by atoms with van der Waals surface area (Å²) in [5, 5.41) is 10.2. The monoisotopic (exact) mass is 494 g/mol. The predicted octanol–water partition coefficient (Wildman–Crippen LogP) is 2.91. The molecule has 0 spiro atoms. The van der Waals surface area contributed by atoms with E-state index in [9.17, 15) is 14.7 Å². The van der Waals surface area contributed by atoms with Gasteiger partial charge in [0.1, 0.15) is 5.75 Å². The molecule has 9 heteroatoms. The van der Waals surface area contributed by atoms with Gasteiger partial charge < -0.3 is 19.3 Å². The average molecular weight is 495 g/mol. The summed E-state index contributed by atoms with van der Waals surface area (Å²) >= 11 is 1.19. The molecule has 4 rings (SSSR count). The quantitative estimate of drug-likeness (QED) is 0.507. The van der Waals surface area contributed by atoms with Crippen LogP contribution in [0.25, 0.3) is 6.08 Å². The van der Waals surface area contributed by atoms with Crippen LogP contribution < -0.4 is 24.4 Å². The Hall–Kier alpha value is -3.85. The minimum Gasteiger partial charge on any atom is -0.507 e. The van der Waals surface area contributed by atoms with Crippen LogP contribution in [0.1, 0.15) is 37.9 Å². The van der Waals surface area contributed by atoms with Crippen molar-refractivity contribution >= 4 is 23.4 Å². The lowest BCUT2D eigenvalue weighted by Crippen LogP contribution is -2.40. The van der Waals surface area contributed by atoms with Crippen LogP contribution >= 0.6 is 11.3 Å². The molecule has 0 radical (unpaired) electrons. The van der Waals surface area contributed by atoms with Gasteiger partial charge in [-0.1, -0.05) is 35.6 Å². The number of thiazole rings is 1. The van der Waals surface area contributed by atoms with E-state index in [-0.39, 0.29) is 23.5 Å². The van der Waals surface area contributed by atoms with E-state index >= 15 is 0 Å². The van der Waals surface area contributed by atoms with Gasteiger partial charge in [0.15, 0.2) is 16.3 Å². The molecular weight excluding hydrogens is 468 g/mol. The van der Waals surface area contributed by atoms with Crippen molar-refractivity contribution in [3.63, 3.8) is 0 Å². The Balaban J connectivity index is 1.98. The van der Waals surface area contributed by atoms with Crippen molar-refractivity contribution in [2.75, 3.05) is 20.3 Å². The lowest BCUT2D eigenvalue weighted by atomic mass is 9.95. The van der Waals surface area contributed by atoms with Crippen molar-refractivity contribution in [3.8, 4) is 17.2 Å².